The first-order valence-corrected chi connectivity index (χ1v) is 22.4. The molecule has 0 saturated heterocycles. The third kappa shape index (κ3) is 9.05. The van der Waals surface area contributed by atoms with Gasteiger partial charge in [0.2, 0.25) is 0 Å². The molecule has 0 aliphatic rings. The monoisotopic (exact) mass is 828 g/mol. The van der Waals surface area contributed by atoms with Gasteiger partial charge in [0.25, 0.3) is 0 Å². The molecule has 0 N–H and O–H groups in total. The minimum Gasteiger partial charge on any atom is -0.310 e. The third-order valence-corrected chi connectivity index (χ3v) is 12.0. The van der Waals surface area contributed by atoms with Crippen molar-refractivity contribution in [1.29, 1.82) is 0 Å². The van der Waals surface area contributed by atoms with Gasteiger partial charge in [-0.2, -0.15) is 0 Å². The Kier molecular flexibility index (Phi) is 11.6. The van der Waals surface area contributed by atoms with Crippen LogP contribution in [-0.2, 0) is 0 Å². The van der Waals surface area contributed by atoms with Crippen LogP contribution in [0.5, 0.6) is 0 Å². The molecule has 0 atom stereocenters. The highest BCUT2D eigenvalue weighted by Gasteiger charge is 2.20. The smallest absolute Gasteiger partial charge is 0.0474 e. The van der Waals surface area contributed by atoms with Crippen molar-refractivity contribution < 1.29 is 0 Å². The summed E-state index contributed by atoms with van der Waals surface area (Å²) in [5.41, 5.74) is 23.9. The quantitative estimate of drug-likeness (QED) is 0.127. The Balaban J connectivity index is 1.19. The van der Waals surface area contributed by atoms with Crippen LogP contribution in [-0.4, -0.2) is 0 Å². The maximum atomic E-state index is 2.44. The van der Waals surface area contributed by atoms with E-state index in [1.807, 2.05) is 0 Å². The number of nitrogens with zero attached hydrogens (tertiary/aromatic N) is 2. The Morgan fingerprint density at radius 3 is 1.00 bits per heavy atom. The van der Waals surface area contributed by atoms with Crippen molar-refractivity contribution in [3.05, 3.63) is 238 Å². The normalized spacial score (nSPS) is 11.4. The minimum atomic E-state index is 1.12. The highest BCUT2D eigenvalue weighted by atomic mass is 15.1. The molecule has 2 nitrogen and oxygen atoms in total. The van der Waals surface area contributed by atoms with E-state index in [0.717, 1.165) is 33.9 Å². The zero-order valence-corrected chi connectivity index (χ0v) is 38.4. The maximum absolute atomic E-state index is 2.44. The molecule has 0 spiro atoms. The first-order valence-electron chi connectivity index (χ1n) is 22.4. The Morgan fingerprint density at radius 1 is 0.266 bits per heavy atom. The fourth-order valence-corrected chi connectivity index (χ4v) is 9.55. The maximum Gasteiger partial charge on any atom is 0.0474 e. The van der Waals surface area contributed by atoms with Crippen molar-refractivity contribution in [3.8, 4) is 22.3 Å². The van der Waals surface area contributed by atoms with Crippen molar-refractivity contribution >= 4 is 57.0 Å². The van der Waals surface area contributed by atoms with E-state index in [-0.39, 0.29) is 0 Å². The molecule has 0 amide bonds. The van der Waals surface area contributed by atoms with Crippen LogP contribution in [0.4, 0.5) is 34.1 Å². The molecular formula is C62H56N2. The number of anilines is 6. The predicted molar refractivity (Wildman–Crippen MR) is 277 cm³/mol. The van der Waals surface area contributed by atoms with Gasteiger partial charge >= 0.3 is 0 Å². The summed E-state index contributed by atoms with van der Waals surface area (Å²) in [5, 5.41) is 2.42. The lowest BCUT2D eigenvalue weighted by Crippen LogP contribution is -2.11. The molecule has 0 heterocycles. The van der Waals surface area contributed by atoms with Crippen LogP contribution < -0.4 is 9.80 Å². The van der Waals surface area contributed by atoms with Gasteiger partial charge in [0.05, 0.1) is 0 Å². The minimum absolute atomic E-state index is 1.12. The lowest BCUT2D eigenvalue weighted by Gasteiger charge is -2.28. The highest BCUT2D eigenvalue weighted by Crippen LogP contribution is 2.44. The van der Waals surface area contributed by atoms with Crippen LogP contribution in [0.15, 0.2) is 182 Å². The summed E-state index contributed by atoms with van der Waals surface area (Å²) in [6, 6.07) is 67.5. The van der Waals surface area contributed by atoms with Crippen molar-refractivity contribution in [1.82, 2.24) is 0 Å². The van der Waals surface area contributed by atoms with Crippen LogP contribution in [0.25, 0.3) is 45.2 Å². The fraction of sp³-hybridized carbons (Fsp3) is 0.129. The highest BCUT2D eigenvalue weighted by molar-refractivity contribution is 6.08. The van der Waals surface area contributed by atoms with E-state index in [0.29, 0.717) is 0 Å². The Hall–Kier alpha value is -7.42. The van der Waals surface area contributed by atoms with E-state index in [1.165, 1.54) is 88.9 Å². The largest absolute Gasteiger partial charge is 0.310 e. The van der Waals surface area contributed by atoms with Crippen molar-refractivity contribution in [2.24, 2.45) is 0 Å². The first kappa shape index (κ1) is 41.9. The van der Waals surface area contributed by atoms with E-state index in [9.17, 15) is 0 Å². The second kappa shape index (κ2) is 17.8. The van der Waals surface area contributed by atoms with Gasteiger partial charge in [0.1, 0.15) is 0 Å². The molecule has 0 bridgehead atoms. The second-order valence-electron chi connectivity index (χ2n) is 17.9. The van der Waals surface area contributed by atoms with Gasteiger partial charge in [-0.1, -0.05) is 109 Å². The van der Waals surface area contributed by atoms with Crippen LogP contribution >= 0.6 is 0 Å². The predicted octanol–water partition coefficient (Wildman–Crippen LogP) is 17.8. The van der Waals surface area contributed by atoms with Gasteiger partial charge in [-0.05, 0) is 229 Å². The summed E-state index contributed by atoms with van der Waals surface area (Å²) in [6.45, 7) is 17.5. The zero-order chi connectivity index (χ0) is 44.5. The molecule has 0 aromatic heterocycles. The molecule has 0 aliphatic carbocycles. The number of benzene rings is 9. The molecule has 9 rings (SSSR count). The average Bonchev–Trinajstić information content (AvgIpc) is 3.25. The van der Waals surface area contributed by atoms with Crippen molar-refractivity contribution in [2.45, 2.75) is 55.4 Å². The van der Waals surface area contributed by atoms with E-state index in [4.69, 9.17) is 0 Å². The first-order chi connectivity index (χ1) is 30.9. The van der Waals surface area contributed by atoms with Gasteiger partial charge in [-0.3, -0.25) is 0 Å². The summed E-state index contributed by atoms with van der Waals surface area (Å²) in [6.07, 6.45) is 4.52. The van der Waals surface area contributed by atoms with E-state index in [2.05, 4.69) is 259 Å². The number of rotatable bonds is 10. The average molecular weight is 829 g/mol. The zero-order valence-electron chi connectivity index (χ0n) is 38.4. The standard InChI is InChI=1S/C62H56N2/c1-41-25-42(2)30-54(29-41)63(55-31-43(3)26-44(4)32-55)53-23-21-49(22-24-53)19-20-50-37-59(51-15-11-9-12-16-51)62-40-58(39-60(61(62)38-50)52-17-13-10-14-18-52)64(56-33-45(5)27-46(6)34-56)57-35-47(7)28-48(8)36-57/h9-40H,1-8H3/b20-19+. The lowest BCUT2D eigenvalue weighted by atomic mass is 9.89. The number of aryl methyl sites for hydroxylation is 8. The summed E-state index contributed by atoms with van der Waals surface area (Å²) >= 11 is 0. The molecule has 0 radical (unpaired) electrons. The summed E-state index contributed by atoms with van der Waals surface area (Å²) < 4.78 is 0. The molecule has 9 aromatic carbocycles. The van der Waals surface area contributed by atoms with Crippen molar-refractivity contribution in [2.75, 3.05) is 9.80 Å². The van der Waals surface area contributed by atoms with Gasteiger partial charge in [-0.25, -0.2) is 0 Å². The number of hydrogen-bond acceptors (Lipinski definition) is 2. The fourth-order valence-electron chi connectivity index (χ4n) is 9.55. The van der Waals surface area contributed by atoms with Gasteiger partial charge in [-0.15, -0.1) is 0 Å². The molecule has 0 aliphatic heterocycles. The SMILES string of the molecule is Cc1cc(C)cc(N(c2ccc(/C=C/c3cc(-c4ccccc4)c4cc(N(c5cc(C)cc(C)c5)c5cc(C)cc(C)c5)cc(-c5ccccc5)c4c3)cc2)c2cc(C)cc(C)c2)c1. The van der Waals surface area contributed by atoms with Gasteiger partial charge in [0.15, 0.2) is 0 Å². The molecule has 314 valence electrons. The number of hydrogen-bond donors (Lipinski definition) is 0. The van der Waals surface area contributed by atoms with Gasteiger partial charge in [0, 0.05) is 34.1 Å². The molecular weight excluding hydrogens is 773 g/mol. The van der Waals surface area contributed by atoms with Crippen LogP contribution in [0.3, 0.4) is 0 Å². The molecule has 0 unspecified atom stereocenters. The Bertz CT molecular complexity index is 2990. The molecule has 0 fully saturated rings. The molecule has 0 saturated carbocycles. The van der Waals surface area contributed by atoms with E-state index < -0.39 is 0 Å². The lowest BCUT2D eigenvalue weighted by molar-refractivity contribution is 1.23. The topological polar surface area (TPSA) is 6.48 Å². The van der Waals surface area contributed by atoms with Crippen LogP contribution in [0, 0.1) is 55.4 Å². The third-order valence-electron chi connectivity index (χ3n) is 12.0. The summed E-state index contributed by atoms with van der Waals surface area (Å²) in [5.74, 6) is 0. The van der Waals surface area contributed by atoms with E-state index >= 15 is 0 Å². The second-order valence-corrected chi connectivity index (χ2v) is 17.9. The van der Waals surface area contributed by atoms with Gasteiger partial charge < -0.3 is 9.80 Å². The summed E-state index contributed by atoms with van der Waals surface area (Å²) in [7, 11) is 0. The Morgan fingerprint density at radius 2 is 0.594 bits per heavy atom. The van der Waals surface area contributed by atoms with Crippen molar-refractivity contribution in [3.63, 3.8) is 0 Å². The Labute approximate surface area is 380 Å². The van der Waals surface area contributed by atoms with Crippen LogP contribution in [0.2, 0.25) is 0 Å². The molecule has 64 heavy (non-hydrogen) atoms. The number of fused-ring (bicyclic) bond motifs is 1. The van der Waals surface area contributed by atoms with Crippen LogP contribution in [0.1, 0.15) is 55.6 Å². The van der Waals surface area contributed by atoms with E-state index in [1.54, 1.807) is 0 Å². The molecule has 9 aromatic rings. The molecule has 2 heteroatoms. The summed E-state index contributed by atoms with van der Waals surface area (Å²) in [4.78, 5) is 4.82.